The molecule has 1 heterocycles. The molecule has 1 heteroatoms. The first-order valence-electron chi connectivity index (χ1n) is 5.26. The van der Waals surface area contributed by atoms with E-state index in [-0.39, 0.29) is 0 Å². The van der Waals surface area contributed by atoms with Gasteiger partial charge in [0.15, 0.2) is 18.9 Å². The van der Waals surface area contributed by atoms with Crippen LogP contribution in [0.4, 0.5) is 0 Å². The summed E-state index contributed by atoms with van der Waals surface area (Å²) in [5.41, 5.74) is 4.08. The third-order valence-electron chi connectivity index (χ3n) is 2.63. The third kappa shape index (κ3) is 2.44. The zero-order valence-corrected chi connectivity index (χ0v) is 9.27. The fraction of sp³-hybridized carbons (Fsp3) is 0.214. The summed E-state index contributed by atoms with van der Waals surface area (Å²) >= 11 is 0. The van der Waals surface area contributed by atoms with Crippen LogP contribution in [0.2, 0.25) is 0 Å². The molecule has 0 saturated heterocycles. The Morgan fingerprint density at radius 1 is 1.00 bits per heavy atom. The lowest BCUT2D eigenvalue weighted by Crippen LogP contribution is -2.33. The number of aryl methyl sites for hydroxylation is 2. The van der Waals surface area contributed by atoms with Gasteiger partial charge in [-0.15, -0.1) is 0 Å². The van der Waals surface area contributed by atoms with Crippen LogP contribution in [0.3, 0.4) is 0 Å². The van der Waals surface area contributed by atoms with E-state index in [1.165, 1.54) is 16.7 Å². The summed E-state index contributed by atoms with van der Waals surface area (Å²) in [7, 11) is 0. The van der Waals surface area contributed by atoms with Crippen LogP contribution in [-0.4, -0.2) is 0 Å². The SMILES string of the molecule is Cc1ccc(C)c(C[n+]2ccccc2)c1. The van der Waals surface area contributed by atoms with Crippen LogP contribution in [0.5, 0.6) is 0 Å². The Labute approximate surface area is 91.0 Å². The average molecular weight is 198 g/mol. The Kier molecular flexibility index (Phi) is 2.82. The van der Waals surface area contributed by atoms with Crippen LogP contribution in [0.15, 0.2) is 48.8 Å². The molecule has 0 fully saturated rings. The lowest BCUT2D eigenvalue weighted by atomic mass is 10.1. The first kappa shape index (κ1) is 9.91. The van der Waals surface area contributed by atoms with Crippen LogP contribution in [0.1, 0.15) is 16.7 Å². The second-order valence-electron chi connectivity index (χ2n) is 3.98. The van der Waals surface area contributed by atoms with Gasteiger partial charge in [-0.05, 0) is 25.5 Å². The predicted molar refractivity (Wildman–Crippen MR) is 61.7 cm³/mol. The normalized spacial score (nSPS) is 10.3. The summed E-state index contributed by atoms with van der Waals surface area (Å²) in [5, 5.41) is 0. The Bertz CT molecular complexity index is 446. The highest BCUT2D eigenvalue weighted by Crippen LogP contribution is 2.09. The fourth-order valence-electron chi connectivity index (χ4n) is 1.71. The summed E-state index contributed by atoms with van der Waals surface area (Å²) in [6.45, 7) is 5.26. The first-order valence-corrected chi connectivity index (χ1v) is 5.26. The van der Waals surface area contributed by atoms with E-state index in [1.807, 2.05) is 6.07 Å². The summed E-state index contributed by atoms with van der Waals surface area (Å²) in [5.74, 6) is 0. The number of nitrogens with zero attached hydrogens (tertiary/aromatic N) is 1. The Hall–Kier alpha value is -1.63. The molecule has 0 saturated carbocycles. The molecule has 0 N–H and O–H groups in total. The Balaban J connectivity index is 2.28. The Morgan fingerprint density at radius 2 is 1.73 bits per heavy atom. The zero-order chi connectivity index (χ0) is 10.7. The van der Waals surface area contributed by atoms with Gasteiger partial charge < -0.3 is 0 Å². The zero-order valence-electron chi connectivity index (χ0n) is 9.27. The number of benzene rings is 1. The fourth-order valence-corrected chi connectivity index (χ4v) is 1.71. The van der Waals surface area contributed by atoms with Gasteiger partial charge in [-0.1, -0.05) is 23.8 Å². The summed E-state index contributed by atoms with van der Waals surface area (Å²) in [4.78, 5) is 0. The number of hydrogen-bond donors (Lipinski definition) is 0. The molecule has 0 aliphatic carbocycles. The van der Waals surface area contributed by atoms with Crippen molar-refractivity contribution in [3.05, 3.63) is 65.5 Å². The van der Waals surface area contributed by atoms with Crippen LogP contribution >= 0.6 is 0 Å². The van der Waals surface area contributed by atoms with Gasteiger partial charge in [-0.2, -0.15) is 0 Å². The minimum Gasteiger partial charge on any atom is -0.201 e. The molecule has 0 spiro atoms. The molecular weight excluding hydrogens is 182 g/mol. The van der Waals surface area contributed by atoms with Gasteiger partial charge in [0.1, 0.15) is 0 Å². The van der Waals surface area contributed by atoms with Gasteiger partial charge in [-0.3, -0.25) is 0 Å². The molecular formula is C14H16N+. The molecule has 0 atom stereocenters. The average Bonchev–Trinajstić information content (AvgIpc) is 2.25. The molecule has 2 aromatic rings. The highest BCUT2D eigenvalue weighted by atomic mass is 14.9. The number of pyridine rings is 1. The van der Waals surface area contributed by atoms with E-state index in [4.69, 9.17) is 0 Å². The van der Waals surface area contributed by atoms with E-state index in [0.29, 0.717) is 0 Å². The van der Waals surface area contributed by atoms with Crippen molar-refractivity contribution < 1.29 is 4.57 Å². The van der Waals surface area contributed by atoms with E-state index in [2.05, 4.69) is 61.1 Å². The Morgan fingerprint density at radius 3 is 2.47 bits per heavy atom. The molecule has 2 rings (SSSR count). The summed E-state index contributed by atoms with van der Waals surface area (Å²) in [6.07, 6.45) is 4.20. The number of aromatic nitrogens is 1. The quantitative estimate of drug-likeness (QED) is 0.653. The van der Waals surface area contributed by atoms with Crippen LogP contribution in [0, 0.1) is 13.8 Å². The van der Waals surface area contributed by atoms with Gasteiger partial charge in [0.05, 0.1) is 0 Å². The molecule has 0 aliphatic rings. The topological polar surface area (TPSA) is 3.88 Å². The molecule has 1 aromatic heterocycles. The second kappa shape index (κ2) is 4.26. The highest BCUT2D eigenvalue weighted by molar-refractivity contribution is 5.29. The maximum Gasteiger partial charge on any atom is 0.174 e. The van der Waals surface area contributed by atoms with Crippen LogP contribution in [-0.2, 0) is 6.54 Å². The second-order valence-corrected chi connectivity index (χ2v) is 3.98. The van der Waals surface area contributed by atoms with Crippen LogP contribution < -0.4 is 4.57 Å². The molecule has 15 heavy (non-hydrogen) atoms. The monoisotopic (exact) mass is 198 g/mol. The van der Waals surface area contributed by atoms with Crippen molar-refractivity contribution in [1.29, 1.82) is 0 Å². The maximum absolute atomic E-state index is 2.26. The van der Waals surface area contributed by atoms with Crippen molar-refractivity contribution in [2.75, 3.05) is 0 Å². The van der Waals surface area contributed by atoms with Crippen molar-refractivity contribution in [3.8, 4) is 0 Å². The van der Waals surface area contributed by atoms with E-state index in [9.17, 15) is 0 Å². The van der Waals surface area contributed by atoms with Crippen molar-refractivity contribution in [3.63, 3.8) is 0 Å². The lowest BCUT2D eigenvalue weighted by Gasteiger charge is -2.03. The van der Waals surface area contributed by atoms with E-state index in [0.717, 1.165) is 6.54 Å². The molecule has 0 bridgehead atoms. The molecule has 0 radical (unpaired) electrons. The largest absolute Gasteiger partial charge is 0.201 e. The van der Waals surface area contributed by atoms with Gasteiger partial charge >= 0.3 is 0 Å². The van der Waals surface area contributed by atoms with E-state index >= 15 is 0 Å². The third-order valence-corrected chi connectivity index (χ3v) is 2.63. The van der Waals surface area contributed by atoms with Gasteiger partial charge in [0, 0.05) is 17.7 Å². The first-order chi connectivity index (χ1) is 7.25. The van der Waals surface area contributed by atoms with Gasteiger partial charge in [-0.25, -0.2) is 4.57 Å². The standard InChI is InChI=1S/C14H16N/c1-12-6-7-13(2)14(10-12)11-15-8-4-3-5-9-15/h3-10H,11H2,1-2H3/q+1. The smallest absolute Gasteiger partial charge is 0.174 e. The van der Waals surface area contributed by atoms with Gasteiger partial charge in [0.25, 0.3) is 0 Å². The number of rotatable bonds is 2. The van der Waals surface area contributed by atoms with Gasteiger partial charge in [0.2, 0.25) is 0 Å². The van der Waals surface area contributed by atoms with Crippen molar-refractivity contribution in [2.24, 2.45) is 0 Å². The summed E-state index contributed by atoms with van der Waals surface area (Å²) in [6, 6.07) is 12.8. The highest BCUT2D eigenvalue weighted by Gasteiger charge is 2.04. The van der Waals surface area contributed by atoms with Crippen molar-refractivity contribution >= 4 is 0 Å². The molecule has 1 nitrogen and oxygen atoms in total. The molecule has 0 aliphatic heterocycles. The molecule has 0 unspecified atom stereocenters. The van der Waals surface area contributed by atoms with Crippen molar-refractivity contribution in [1.82, 2.24) is 0 Å². The predicted octanol–water partition coefficient (Wildman–Crippen LogP) is 2.64. The summed E-state index contributed by atoms with van der Waals surface area (Å²) < 4.78 is 2.20. The van der Waals surface area contributed by atoms with E-state index < -0.39 is 0 Å². The van der Waals surface area contributed by atoms with E-state index in [1.54, 1.807) is 0 Å². The maximum atomic E-state index is 2.26. The minimum absolute atomic E-state index is 0.953. The minimum atomic E-state index is 0.953. The van der Waals surface area contributed by atoms with Crippen LogP contribution in [0.25, 0.3) is 0 Å². The molecule has 0 amide bonds. The number of hydrogen-bond acceptors (Lipinski definition) is 0. The molecule has 76 valence electrons. The lowest BCUT2D eigenvalue weighted by molar-refractivity contribution is -0.688. The van der Waals surface area contributed by atoms with Crippen molar-refractivity contribution in [2.45, 2.75) is 20.4 Å². The molecule has 1 aromatic carbocycles.